The average molecular weight is 394 g/mol. The minimum absolute atomic E-state index is 0.140. The van der Waals surface area contributed by atoms with Crippen LogP contribution in [0.5, 0.6) is 0 Å². The summed E-state index contributed by atoms with van der Waals surface area (Å²) in [6, 6.07) is 15.8. The molecule has 0 bridgehead atoms. The van der Waals surface area contributed by atoms with E-state index in [1.54, 1.807) is 32.2 Å². The molecule has 1 saturated carbocycles. The predicted molar refractivity (Wildman–Crippen MR) is 111 cm³/mol. The van der Waals surface area contributed by atoms with Crippen LogP contribution in [0.4, 0.5) is 5.69 Å². The van der Waals surface area contributed by atoms with Gasteiger partial charge in [-0.3, -0.25) is 9.59 Å². The fourth-order valence-corrected chi connectivity index (χ4v) is 3.46. The van der Waals surface area contributed by atoms with Crippen molar-refractivity contribution in [2.75, 3.05) is 11.9 Å². The smallest absolute Gasteiger partial charge is 0.339 e. The topological polar surface area (TPSA) is 75.7 Å². The van der Waals surface area contributed by atoms with Crippen molar-refractivity contribution in [3.63, 3.8) is 0 Å². The number of anilines is 1. The number of esters is 1. The molecule has 6 nitrogen and oxygen atoms in total. The Kier molecular flexibility index (Phi) is 6.65. The Labute approximate surface area is 170 Å². The van der Waals surface area contributed by atoms with Crippen LogP contribution in [0, 0.1) is 0 Å². The van der Waals surface area contributed by atoms with Gasteiger partial charge in [0.05, 0.1) is 11.1 Å². The highest BCUT2D eigenvalue weighted by atomic mass is 16.5. The molecule has 3 rings (SSSR count). The van der Waals surface area contributed by atoms with Gasteiger partial charge in [-0.05, 0) is 44.0 Å². The van der Waals surface area contributed by atoms with Crippen molar-refractivity contribution in [2.45, 2.75) is 44.8 Å². The van der Waals surface area contributed by atoms with Gasteiger partial charge in [0.15, 0.2) is 6.10 Å². The number of para-hydroxylation sites is 1. The molecule has 2 aromatic carbocycles. The maximum Gasteiger partial charge on any atom is 0.339 e. The number of carbonyl (C=O) groups is 3. The fraction of sp³-hybridized carbons (Fsp3) is 0.348. The van der Waals surface area contributed by atoms with Crippen molar-refractivity contribution in [2.24, 2.45) is 0 Å². The molecule has 6 heteroatoms. The standard InChI is InChI=1S/C23H26N2O4/c1-16(21(26)24-17-10-6-7-11-17)29-23(28)20-15-9-8-14-19(20)22(27)25(2)18-12-4-3-5-13-18/h3-5,8-9,12-17H,6-7,10-11H2,1-2H3,(H,24,26). The molecule has 29 heavy (non-hydrogen) atoms. The maximum atomic E-state index is 13.0. The van der Waals surface area contributed by atoms with Gasteiger partial charge in [-0.1, -0.05) is 43.2 Å². The lowest BCUT2D eigenvalue weighted by Crippen LogP contribution is -2.41. The summed E-state index contributed by atoms with van der Waals surface area (Å²) in [5.41, 5.74) is 1.08. The Morgan fingerprint density at radius 1 is 0.966 bits per heavy atom. The molecule has 1 fully saturated rings. The maximum absolute atomic E-state index is 13.0. The summed E-state index contributed by atoms with van der Waals surface area (Å²) in [7, 11) is 1.65. The predicted octanol–water partition coefficient (Wildman–Crippen LogP) is 3.57. The Bertz CT molecular complexity index is 875. The lowest BCUT2D eigenvalue weighted by Gasteiger charge is -2.20. The number of amides is 2. The van der Waals surface area contributed by atoms with E-state index in [4.69, 9.17) is 4.74 Å². The van der Waals surface area contributed by atoms with Crippen LogP contribution in [0.25, 0.3) is 0 Å². The molecule has 1 unspecified atom stereocenters. The van der Waals surface area contributed by atoms with Crippen LogP contribution >= 0.6 is 0 Å². The highest BCUT2D eigenvalue weighted by molar-refractivity contribution is 6.12. The van der Waals surface area contributed by atoms with Crippen LogP contribution in [0.2, 0.25) is 0 Å². The van der Waals surface area contributed by atoms with Crippen molar-refractivity contribution >= 4 is 23.5 Å². The second-order valence-corrected chi connectivity index (χ2v) is 7.28. The Morgan fingerprint density at radius 3 is 2.21 bits per heavy atom. The normalized spacial score (nSPS) is 14.8. The van der Waals surface area contributed by atoms with E-state index in [1.165, 1.54) is 11.0 Å². The second kappa shape index (κ2) is 9.37. The third-order valence-electron chi connectivity index (χ3n) is 5.18. The molecule has 0 saturated heterocycles. The number of nitrogens with zero attached hydrogens (tertiary/aromatic N) is 1. The Morgan fingerprint density at radius 2 is 1.55 bits per heavy atom. The van der Waals surface area contributed by atoms with Gasteiger partial charge in [-0.25, -0.2) is 4.79 Å². The van der Waals surface area contributed by atoms with Gasteiger partial charge in [-0.15, -0.1) is 0 Å². The summed E-state index contributed by atoms with van der Waals surface area (Å²) in [6.45, 7) is 1.54. The van der Waals surface area contributed by atoms with Gasteiger partial charge in [0.1, 0.15) is 0 Å². The van der Waals surface area contributed by atoms with E-state index in [-0.39, 0.29) is 29.0 Å². The van der Waals surface area contributed by atoms with E-state index in [1.807, 2.05) is 30.3 Å². The number of hydrogen-bond donors (Lipinski definition) is 1. The summed E-state index contributed by atoms with van der Waals surface area (Å²) < 4.78 is 5.36. The van der Waals surface area contributed by atoms with E-state index in [2.05, 4.69) is 5.32 Å². The quantitative estimate of drug-likeness (QED) is 0.760. The highest BCUT2D eigenvalue weighted by Crippen LogP contribution is 2.20. The first-order valence-corrected chi connectivity index (χ1v) is 9.91. The van der Waals surface area contributed by atoms with Gasteiger partial charge in [0, 0.05) is 18.8 Å². The van der Waals surface area contributed by atoms with Crippen LogP contribution in [0.1, 0.15) is 53.3 Å². The number of carbonyl (C=O) groups excluding carboxylic acids is 3. The van der Waals surface area contributed by atoms with E-state index in [0.29, 0.717) is 5.69 Å². The number of hydrogen-bond acceptors (Lipinski definition) is 4. The lowest BCUT2D eigenvalue weighted by atomic mass is 10.1. The van der Waals surface area contributed by atoms with Crippen LogP contribution < -0.4 is 10.2 Å². The molecule has 152 valence electrons. The van der Waals surface area contributed by atoms with Crippen molar-refractivity contribution in [3.05, 3.63) is 65.7 Å². The van der Waals surface area contributed by atoms with E-state index in [9.17, 15) is 14.4 Å². The summed E-state index contributed by atoms with van der Waals surface area (Å²) in [6.07, 6.45) is 3.18. The third-order valence-corrected chi connectivity index (χ3v) is 5.18. The monoisotopic (exact) mass is 394 g/mol. The summed E-state index contributed by atoms with van der Waals surface area (Å²) >= 11 is 0. The molecule has 1 atom stereocenters. The number of rotatable bonds is 6. The van der Waals surface area contributed by atoms with Crippen LogP contribution in [0.3, 0.4) is 0 Å². The molecule has 0 aliphatic heterocycles. The average Bonchev–Trinajstić information content (AvgIpc) is 3.26. The number of benzene rings is 2. The van der Waals surface area contributed by atoms with Crippen LogP contribution in [0.15, 0.2) is 54.6 Å². The molecule has 0 aromatic heterocycles. The molecule has 0 radical (unpaired) electrons. The third kappa shape index (κ3) is 5.02. The van der Waals surface area contributed by atoms with Gasteiger partial charge >= 0.3 is 5.97 Å². The summed E-state index contributed by atoms with van der Waals surface area (Å²) in [5.74, 6) is -1.33. The van der Waals surface area contributed by atoms with E-state index in [0.717, 1.165) is 25.7 Å². The number of nitrogens with one attached hydrogen (secondary N) is 1. The van der Waals surface area contributed by atoms with Crippen molar-refractivity contribution < 1.29 is 19.1 Å². The van der Waals surface area contributed by atoms with Gasteiger partial charge < -0.3 is 15.0 Å². The highest BCUT2D eigenvalue weighted by Gasteiger charge is 2.26. The van der Waals surface area contributed by atoms with Gasteiger partial charge in [0.25, 0.3) is 11.8 Å². The molecule has 1 aliphatic rings. The minimum atomic E-state index is -0.932. The zero-order chi connectivity index (χ0) is 20.8. The zero-order valence-electron chi connectivity index (χ0n) is 16.8. The van der Waals surface area contributed by atoms with Crippen molar-refractivity contribution in [1.82, 2.24) is 5.32 Å². The van der Waals surface area contributed by atoms with Gasteiger partial charge in [-0.2, -0.15) is 0 Å². The van der Waals surface area contributed by atoms with Crippen molar-refractivity contribution in [3.8, 4) is 0 Å². The first kappa shape index (κ1) is 20.6. The van der Waals surface area contributed by atoms with Gasteiger partial charge in [0.2, 0.25) is 0 Å². The molecular formula is C23H26N2O4. The van der Waals surface area contributed by atoms with Crippen LogP contribution in [-0.4, -0.2) is 37.0 Å². The van der Waals surface area contributed by atoms with Crippen LogP contribution in [-0.2, 0) is 9.53 Å². The van der Waals surface area contributed by atoms with E-state index >= 15 is 0 Å². The first-order valence-electron chi connectivity index (χ1n) is 9.91. The Balaban J connectivity index is 1.71. The number of ether oxygens (including phenoxy) is 1. The SMILES string of the molecule is CC(OC(=O)c1ccccc1C(=O)N(C)c1ccccc1)C(=O)NC1CCCC1. The van der Waals surface area contributed by atoms with Crippen molar-refractivity contribution in [1.29, 1.82) is 0 Å². The first-order chi connectivity index (χ1) is 14.0. The van der Waals surface area contributed by atoms with E-state index < -0.39 is 12.1 Å². The Hall–Kier alpha value is -3.15. The largest absolute Gasteiger partial charge is 0.449 e. The zero-order valence-corrected chi connectivity index (χ0v) is 16.8. The molecule has 1 aliphatic carbocycles. The fourth-order valence-electron chi connectivity index (χ4n) is 3.46. The summed E-state index contributed by atoms with van der Waals surface area (Å²) in [4.78, 5) is 39.5. The minimum Gasteiger partial charge on any atom is -0.449 e. The molecular weight excluding hydrogens is 368 g/mol. The molecule has 0 heterocycles. The molecule has 0 spiro atoms. The molecule has 2 aromatic rings. The summed E-state index contributed by atoms with van der Waals surface area (Å²) in [5, 5.41) is 2.92. The molecule has 2 amide bonds. The lowest BCUT2D eigenvalue weighted by molar-refractivity contribution is -0.129. The molecule has 1 N–H and O–H groups in total. The second-order valence-electron chi connectivity index (χ2n) is 7.28.